The average Bonchev–Trinajstić information content (AvgIpc) is 3.45. The molecule has 3 rings (SSSR count). The molecule has 1 unspecified atom stereocenters. The summed E-state index contributed by atoms with van der Waals surface area (Å²) >= 11 is 0. The van der Waals surface area contributed by atoms with Crippen LogP contribution in [0.4, 0.5) is 5.69 Å². The van der Waals surface area contributed by atoms with Crippen LogP contribution >= 0.6 is 12.4 Å². The van der Waals surface area contributed by atoms with E-state index in [9.17, 15) is 13.2 Å². The van der Waals surface area contributed by atoms with Crippen molar-refractivity contribution < 1.29 is 13.2 Å². The molecule has 8 heteroatoms. The highest BCUT2D eigenvalue weighted by Crippen LogP contribution is 2.31. The largest absolute Gasteiger partial charge is 0.350 e. The number of nitrogens with one attached hydrogen (secondary N) is 2. The van der Waals surface area contributed by atoms with Gasteiger partial charge in [-0.3, -0.25) is 9.52 Å². The number of sulfonamides is 1. The van der Waals surface area contributed by atoms with Crippen molar-refractivity contribution in [2.45, 2.75) is 23.8 Å². The van der Waals surface area contributed by atoms with E-state index in [0.29, 0.717) is 23.7 Å². The van der Waals surface area contributed by atoms with Crippen molar-refractivity contribution in [3.63, 3.8) is 0 Å². The smallest absolute Gasteiger partial charge is 0.261 e. The minimum atomic E-state index is -3.69. The van der Waals surface area contributed by atoms with Gasteiger partial charge in [-0.1, -0.05) is 24.3 Å². The number of hydrogen-bond acceptors (Lipinski definition) is 4. The summed E-state index contributed by atoms with van der Waals surface area (Å²) < 4.78 is 27.2. The van der Waals surface area contributed by atoms with Gasteiger partial charge >= 0.3 is 0 Å². The van der Waals surface area contributed by atoms with E-state index in [1.54, 1.807) is 36.4 Å². The van der Waals surface area contributed by atoms with Crippen molar-refractivity contribution in [2.75, 3.05) is 11.3 Å². The minimum Gasteiger partial charge on any atom is -0.350 e. The maximum atomic E-state index is 12.4. The summed E-state index contributed by atoms with van der Waals surface area (Å²) in [5.41, 5.74) is 6.70. The molecule has 2 aromatic carbocycles. The molecule has 0 aliphatic heterocycles. The number of halogens is 1. The summed E-state index contributed by atoms with van der Waals surface area (Å²) in [6, 6.07) is 14.4. The number of carbonyl (C=O) groups is 1. The molecule has 0 radical (unpaired) electrons. The SMILES string of the molecule is Cl.NC(CNC(=O)c1cccc(NS(=O)(=O)c2ccccc2)c1)C1CC1. The normalized spacial score (nSPS) is 14.8. The number of benzene rings is 2. The van der Waals surface area contributed by atoms with E-state index in [4.69, 9.17) is 5.73 Å². The molecule has 2 aromatic rings. The second kappa shape index (κ2) is 8.53. The van der Waals surface area contributed by atoms with Crippen molar-refractivity contribution in [2.24, 2.45) is 11.7 Å². The van der Waals surface area contributed by atoms with E-state index >= 15 is 0 Å². The van der Waals surface area contributed by atoms with E-state index < -0.39 is 10.0 Å². The van der Waals surface area contributed by atoms with Crippen molar-refractivity contribution >= 4 is 34.0 Å². The van der Waals surface area contributed by atoms with Crippen LogP contribution in [0.15, 0.2) is 59.5 Å². The van der Waals surface area contributed by atoms with Crippen LogP contribution in [0, 0.1) is 5.92 Å². The fraction of sp³-hybridized carbons (Fsp3) is 0.278. The van der Waals surface area contributed by atoms with Crippen molar-refractivity contribution in [3.05, 3.63) is 60.2 Å². The first kappa shape index (κ1) is 20.2. The van der Waals surface area contributed by atoms with E-state index in [-0.39, 0.29) is 29.3 Å². The molecule has 140 valence electrons. The lowest BCUT2D eigenvalue weighted by Gasteiger charge is -2.12. The first-order chi connectivity index (χ1) is 12.0. The Kier molecular flexibility index (Phi) is 6.63. The van der Waals surface area contributed by atoms with Gasteiger partial charge in [0, 0.05) is 23.8 Å². The fourth-order valence-corrected chi connectivity index (χ4v) is 3.61. The number of amides is 1. The molecule has 26 heavy (non-hydrogen) atoms. The lowest BCUT2D eigenvalue weighted by atomic mass is 10.1. The van der Waals surface area contributed by atoms with Crippen molar-refractivity contribution in [3.8, 4) is 0 Å². The Balaban J connectivity index is 0.00000243. The van der Waals surface area contributed by atoms with Gasteiger partial charge in [-0.2, -0.15) is 0 Å². The molecule has 1 aliphatic rings. The summed E-state index contributed by atoms with van der Waals surface area (Å²) in [6.45, 7) is 0.420. The molecule has 6 nitrogen and oxygen atoms in total. The fourth-order valence-electron chi connectivity index (χ4n) is 2.54. The first-order valence-electron chi connectivity index (χ1n) is 8.17. The third-order valence-electron chi connectivity index (χ3n) is 4.16. The molecule has 0 saturated heterocycles. The predicted octanol–water partition coefficient (Wildman–Crippen LogP) is 2.38. The standard InChI is InChI=1S/C18H21N3O3S.ClH/c19-17(13-9-10-13)12-20-18(22)14-5-4-6-15(11-14)21-25(23,24)16-7-2-1-3-8-16;/h1-8,11,13,17,21H,9-10,12,19H2,(H,20,22);1H. The minimum absolute atomic E-state index is 0. The molecular weight excluding hydrogens is 374 g/mol. The maximum absolute atomic E-state index is 12.4. The highest BCUT2D eigenvalue weighted by atomic mass is 35.5. The lowest BCUT2D eigenvalue weighted by molar-refractivity contribution is 0.0950. The van der Waals surface area contributed by atoms with Crippen LogP contribution in [-0.4, -0.2) is 26.9 Å². The second-order valence-corrected chi connectivity index (χ2v) is 7.89. The highest BCUT2D eigenvalue weighted by molar-refractivity contribution is 7.92. The molecule has 0 heterocycles. The van der Waals surface area contributed by atoms with Crippen LogP contribution < -0.4 is 15.8 Å². The second-order valence-electron chi connectivity index (χ2n) is 6.21. The quantitative estimate of drug-likeness (QED) is 0.669. The Hall–Kier alpha value is -2.09. The molecule has 0 bridgehead atoms. The predicted molar refractivity (Wildman–Crippen MR) is 104 cm³/mol. The topological polar surface area (TPSA) is 101 Å². The summed E-state index contributed by atoms with van der Waals surface area (Å²) in [5.74, 6) is 0.237. The maximum Gasteiger partial charge on any atom is 0.261 e. The molecule has 1 amide bonds. The Morgan fingerprint density at radius 3 is 2.46 bits per heavy atom. The van der Waals surface area contributed by atoms with Gasteiger partial charge in [-0.05, 0) is 49.1 Å². The molecule has 1 atom stereocenters. The van der Waals surface area contributed by atoms with Gasteiger partial charge in [0.2, 0.25) is 0 Å². The van der Waals surface area contributed by atoms with Gasteiger partial charge in [-0.15, -0.1) is 12.4 Å². The van der Waals surface area contributed by atoms with Crippen molar-refractivity contribution in [1.82, 2.24) is 5.32 Å². The number of nitrogens with two attached hydrogens (primary N) is 1. The zero-order valence-electron chi connectivity index (χ0n) is 14.1. The van der Waals surface area contributed by atoms with E-state index in [2.05, 4.69) is 10.0 Å². The van der Waals surface area contributed by atoms with Gasteiger partial charge in [0.25, 0.3) is 15.9 Å². The van der Waals surface area contributed by atoms with Gasteiger partial charge < -0.3 is 11.1 Å². The van der Waals surface area contributed by atoms with E-state index in [1.165, 1.54) is 18.2 Å². The van der Waals surface area contributed by atoms with Gasteiger partial charge in [0.1, 0.15) is 0 Å². The zero-order valence-corrected chi connectivity index (χ0v) is 15.7. The number of anilines is 1. The molecule has 1 saturated carbocycles. The number of rotatable bonds is 7. The number of hydrogen-bond donors (Lipinski definition) is 3. The molecule has 1 aliphatic carbocycles. The Morgan fingerprint density at radius 1 is 1.12 bits per heavy atom. The Labute approximate surface area is 159 Å². The van der Waals surface area contributed by atoms with E-state index in [1.807, 2.05) is 0 Å². The van der Waals surface area contributed by atoms with Gasteiger partial charge in [-0.25, -0.2) is 8.42 Å². The van der Waals surface area contributed by atoms with Crippen molar-refractivity contribution in [1.29, 1.82) is 0 Å². The molecule has 4 N–H and O–H groups in total. The van der Waals surface area contributed by atoms with E-state index in [0.717, 1.165) is 12.8 Å². The van der Waals surface area contributed by atoms with Crippen LogP contribution in [0.2, 0.25) is 0 Å². The lowest BCUT2D eigenvalue weighted by Crippen LogP contribution is -2.38. The third-order valence-corrected chi connectivity index (χ3v) is 5.55. The van der Waals surface area contributed by atoms with Gasteiger partial charge in [0.05, 0.1) is 4.90 Å². The number of carbonyl (C=O) groups excluding carboxylic acids is 1. The molecule has 0 aromatic heterocycles. The molecule has 1 fully saturated rings. The zero-order chi connectivity index (χ0) is 17.9. The Bertz CT molecular complexity index is 855. The van der Waals surface area contributed by atoms with Crippen LogP contribution in [0.3, 0.4) is 0 Å². The van der Waals surface area contributed by atoms with Crippen LogP contribution in [0.25, 0.3) is 0 Å². The average molecular weight is 396 g/mol. The summed E-state index contributed by atoms with van der Waals surface area (Å²) in [7, 11) is -3.69. The highest BCUT2D eigenvalue weighted by Gasteiger charge is 2.28. The summed E-state index contributed by atoms with van der Waals surface area (Å²) in [6.07, 6.45) is 2.24. The van der Waals surface area contributed by atoms with Crippen LogP contribution in [-0.2, 0) is 10.0 Å². The third kappa shape index (κ3) is 5.20. The van der Waals surface area contributed by atoms with Gasteiger partial charge in [0.15, 0.2) is 0 Å². The Morgan fingerprint density at radius 2 is 1.81 bits per heavy atom. The first-order valence-corrected chi connectivity index (χ1v) is 9.66. The van der Waals surface area contributed by atoms with Crippen LogP contribution in [0.1, 0.15) is 23.2 Å². The molecular formula is C18H22ClN3O3S. The monoisotopic (exact) mass is 395 g/mol. The van der Waals surface area contributed by atoms with Crippen LogP contribution in [0.5, 0.6) is 0 Å². The molecule has 0 spiro atoms. The summed E-state index contributed by atoms with van der Waals surface area (Å²) in [4.78, 5) is 12.4. The summed E-state index contributed by atoms with van der Waals surface area (Å²) in [5, 5.41) is 2.80.